The van der Waals surface area contributed by atoms with E-state index >= 15 is 0 Å². The molecule has 1 saturated heterocycles. The number of halogens is 1. The average molecular weight is 344 g/mol. The zero-order chi connectivity index (χ0) is 12.3. The molecule has 1 aromatic rings. The number of piperidine rings is 1. The van der Waals surface area contributed by atoms with Crippen LogP contribution in [0.25, 0.3) is 0 Å². The number of carbonyl (C=O) groups is 1. The standard InChI is InChI=1S/C13H17IN2O/c1-9-10(14)5-4-7-11(9)16-13(17)12-6-2-3-8-15-12/h4-5,7,12,15H,2-3,6,8H2,1H3,(H,16,17)/t12-/m0/s1. The fraction of sp³-hybridized carbons (Fsp3) is 0.462. The van der Waals surface area contributed by atoms with Gasteiger partial charge in [-0.2, -0.15) is 0 Å². The van der Waals surface area contributed by atoms with Crippen LogP contribution in [0.1, 0.15) is 24.8 Å². The van der Waals surface area contributed by atoms with E-state index < -0.39 is 0 Å². The molecule has 1 fully saturated rings. The van der Waals surface area contributed by atoms with Crippen LogP contribution in [-0.2, 0) is 4.79 Å². The summed E-state index contributed by atoms with van der Waals surface area (Å²) >= 11 is 2.28. The van der Waals surface area contributed by atoms with Gasteiger partial charge in [0, 0.05) is 9.26 Å². The molecule has 0 radical (unpaired) electrons. The maximum Gasteiger partial charge on any atom is 0.241 e. The van der Waals surface area contributed by atoms with E-state index in [9.17, 15) is 4.79 Å². The van der Waals surface area contributed by atoms with Gasteiger partial charge in [-0.15, -0.1) is 0 Å². The normalized spacial score (nSPS) is 20.0. The van der Waals surface area contributed by atoms with Crippen molar-refractivity contribution in [1.29, 1.82) is 0 Å². The molecule has 1 amide bonds. The minimum absolute atomic E-state index is 0.0268. The molecule has 3 nitrogen and oxygen atoms in total. The van der Waals surface area contributed by atoms with Crippen molar-refractivity contribution in [2.24, 2.45) is 0 Å². The van der Waals surface area contributed by atoms with E-state index in [1.54, 1.807) is 0 Å². The van der Waals surface area contributed by atoms with Gasteiger partial charge in [-0.3, -0.25) is 4.79 Å². The van der Waals surface area contributed by atoms with E-state index in [-0.39, 0.29) is 11.9 Å². The van der Waals surface area contributed by atoms with Crippen molar-refractivity contribution in [3.8, 4) is 0 Å². The lowest BCUT2D eigenvalue weighted by molar-refractivity contribution is -0.118. The van der Waals surface area contributed by atoms with Crippen molar-refractivity contribution in [2.45, 2.75) is 32.2 Å². The van der Waals surface area contributed by atoms with Crippen molar-refractivity contribution < 1.29 is 4.79 Å². The predicted molar refractivity (Wildman–Crippen MR) is 78.2 cm³/mol. The number of benzene rings is 1. The molecule has 1 atom stereocenters. The van der Waals surface area contributed by atoms with Crippen LogP contribution in [0, 0.1) is 10.5 Å². The topological polar surface area (TPSA) is 41.1 Å². The molecule has 4 heteroatoms. The number of hydrogen-bond donors (Lipinski definition) is 2. The number of hydrogen-bond acceptors (Lipinski definition) is 2. The monoisotopic (exact) mass is 344 g/mol. The van der Waals surface area contributed by atoms with Gasteiger partial charge in [0.1, 0.15) is 0 Å². The molecule has 1 aliphatic rings. The molecule has 0 aliphatic carbocycles. The smallest absolute Gasteiger partial charge is 0.241 e. The predicted octanol–water partition coefficient (Wildman–Crippen LogP) is 2.68. The van der Waals surface area contributed by atoms with Gasteiger partial charge in [0.25, 0.3) is 0 Å². The molecule has 1 aliphatic heterocycles. The van der Waals surface area contributed by atoms with Crippen LogP contribution in [0.3, 0.4) is 0 Å². The molecule has 1 aromatic carbocycles. The maximum atomic E-state index is 12.1. The van der Waals surface area contributed by atoms with E-state index in [0.717, 1.165) is 30.6 Å². The highest BCUT2D eigenvalue weighted by Crippen LogP contribution is 2.21. The first-order valence-electron chi connectivity index (χ1n) is 5.98. The summed E-state index contributed by atoms with van der Waals surface area (Å²) in [7, 11) is 0. The summed E-state index contributed by atoms with van der Waals surface area (Å²) in [5, 5.41) is 6.27. The Kier molecular flexibility index (Phi) is 4.39. The van der Waals surface area contributed by atoms with Crippen LogP contribution in [0.15, 0.2) is 18.2 Å². The van der Waals surface area contributed by atoms with E-state index in [4.69, 9.17) is 0 Å². The highest BCUT2D eigenvalue weighted by molar-refractivity contribution is 14.1. The molecule has 0 bridgehead atoms. The van der Waals surface area contributed by atoms with Crippen LogP contribution in [0.5, 0.6) is 0 Å². The van der Waals surface area contributed by atoms with E-state index in [1.165, 1.54) is 9.99 Å². The molecule has 92 valence electrons. The van der Waals surface area contributed by atoms with Crippen LogP contribution < -0.4 is 10.6 Å². The largest absolute Gasteiger partial charge is 0.324 e. The van der Waals surface area contributed by atoms with Gasteiger partial charge in [-0.1, -0.05) is 12.5 Å². The molecule has 0 aromatic heterocycles. The molecule has 0 saturated carbocycles. The molecule has 0 unspecified atom stereocenters. The van der Waals surface area contributed by atoms with Crippen molar-refractivity contribution in [3.63, 3.8) is 0 Å². The van der Waals surface area contributed by atoms with Gasteiger partial charge in [-0.05, 0) is 66.6 Å². The number of rotatable bonds is 2. The summed E-state index contributed by atoms with van der Waals surface area (Å²) in [6.45, 7) is 2.98. The SMILES string of the molecule is Cc1c(I)cccc1NC(=O)[C@@H]1CCCCN1. The molecular formula is C13H17IN2O. The lowest BCUT2D eigenvalue weighted by Crippen LogP contribution is -2.43. The molecule has 17 heavy (non-hydrogen) atoms. The molecule has 2 N–H and O–H groups in total. The Bertz CT molecular complexity index is 414. The van der Waals surface area contributed by atoms with Gasteiger partial charge in [-0.25, -0.2) is 0 Å². The second kappa shape index (κ2) is 5.82. The third-order valence-corrected chi connectivity index (χ3v) is 4.32. The Balaban J connectivity index is 2.04. The Morgan fingerprint density at radius 1 is 1.47 bits per heavy atom. The highest BCUT2D eigenvalue weighted by atomic mass is 127. The summed E-state index contributed by atoms with van der Waals surface area (Å²) in [5.41, 5.74) is 2.06. The first-order valence-corrected chi connectivity index (χ1v) is 7.06. The van der Waals surface area contributed by atoms with Gasteiger partial charge >= 0.3 is 0 Å². The molecule has 2 rings (SSSR count). The highest BCUT2D eigenvalue weighted by Gasteiger charge is 2.20. The number of nitrogens with one attached hydrogen (secondary N) is 2. The number of anilines is 1. The Hall–Kier alpha value is -0.620. The minimum Gasteiger partial charge on any atom is -0.324 e. The van der Waals surface area contributed by atoms with Gasteiger partial charge in [0.2, 0.25) is 5.91 Å². The van der Waals surface area contributed by atoms with Crippen LogP contribution in [0.2, 0.25) is 0 Å². The first kappa shape index (κ1) is 12.8. The van der Waals surface area contributed by atoms with Gasteiger partial charge in [0.05, 0.1) is 6.04 Å². The van der Waals surface area contributed by atoms with Crippen molar-refractivity contribution in [2.75, 3.05) is 11.9 Å². The van der Waals surface area contributed by atoms with Crippen molar-refractivity contribution >= 4 is 34.2 Å². The van der Waals surface area contributed by atoms with E-state index in [2.05, 4.69) is 33.2 Å². The fourth-order valence-corrected chi connectivity index (χ4v) is 2.54. The quantitative estimate of drug-likeness (QED) is 0.810. The average Bonchev–Trinajstić information content (AvgIpc) is 2.36. The molecular weight excluding hydrogens is 327 g/mol. The second-order valence-electron chi connectivity index (χ2n) is 4.40. The third-order valence-electron chi connectivity index (χ3n) is 3.15. The van der Waals surface area contributed by atoms with E-state index in [1.807, 2.05) is 25.1 Å². The Labute approximate surface area is 116 Å². The van der Waals surface area contributed by atoms with Crippen molar-refractivity contribution in [1.82, 2.24) is 5.32 Å². The van der Waals surface area contributed by atoms with Crippen molar-refractivity contribution in [3.05, 3.63) is 27.3 Å². The zero-order valence-corrected chi connectivity index (χ0v) is 12.1. The summed E-state index contributed by atoms with van der Waals surface area (Å²) in [4.78, 5) is 12.1. The summed E-state index contributed by atoms with van der Waals surface area (Å²) in [6, 6.07) is 5.95. The van der Waals surface area contributed by atoms with Crippen LogP contribution in [0.4, 0.5) is 5.69 Å². The minimum atomic E-state index is -0.0268. The Morgan fingerprint density at radius 3 is 3.00 bits per heavy atom. The summed E-state index contributed by atoms with van der Waals surface area (Å²) in [5.74, 6) is 0.0924. The van der Waals surface area contributed by atoms with Crippen LogP contribution >= 0.6 is 22.6 Å². The number of amides is 1. The lowest BCUT2D eigenvalue weighted by Gasteiger charge is -2.23. The summed E-state index contributed by atoms with van der Waals surface area (Å²) < 4.78 is 1.18. The Morgan fingerprint density at radius 2 is 2.29 bits per heavy atom. The summed E-state index contributed by atoms with van der Waals surface area (Å²) in [6.07, 6.45) is 3.25. The lowest BCUT2D eigenvalue weighted by atomic mass is 10.0. The first-order chi connectivity index (χ1) is 8.18. The molecule has 1 heterocycles. The maximum absolute atomic E-state index is 12.1. The van der Waals surface area contributed by atoms with Gasteiger partial charge < -0.3 is 10.6 Å². The fourth-order valence-electron chi connectivity index (χ4n) is 2.04. The van der Waals surface area contributed by atoms with Gasteiger partial charge in [0.15, 0.2) is 0 Å². The third kappa shape index (κ3) is 3.19. The zero-order valence-electron chi connectivity index (χ0n) is 9.92. The van der Waals surface area contributed by atoms with Crippen LogP contribution in [-0.4, -0.2) is 18.5 Å². The second-order valence-corrected chi connectivity index (χ2v) is 5.57. The molecule has 0 spiro atoms. The van der Waals surface area contributed by atoms with E-state index in [0.29, 0.717) is 0 Å². The number of carbonyl (C=O) groups excluding carboxylic acids is 1.